The van der Waals surface area contributed by atoms with Gasteiger partial charge in [-0.15, -0.1) is 0 Å². The van der Waals surface area contributed by atoms with Crippen molar-refractivity contribution < 1.29 is 4.79 Å². The first kappa shape index (κ1) is 16.2. The molecule has 1 aromatic heterocycles. The molecule has 1 atom stereocenters. The van der Waals surface area contributed by atoms with Gasteiger partial charge in [0.1, 0.15) is 0 Å². The second-order valence-electron chi connectivity index (χ2n) is 6.32. The maximum atomic E-state index is 12.6. The average Bonchev–Trinajstić information content (AvgIpc) is 2.57. The summed E-state index contributed by atoms with van der Waals surface area (Å²) >= 11 is 0. The third-order valence-electron chi connectivity index (χ3n) is 4.40. The number of rotatable bonds is 3. The number of carbonyl (C=O) groups is 1. The van der Waals surface area contributed by atoms with Crippen LogP contribution in [0.2, 0.25) is 0 Å². The first-order chi connectivity index (χ1) is 11.5. The molecule has 2 heterocycles. The van der Waals surface area contributed by atoms with Crippen LogP contribution in [0.25, 0.3) is 0 Å². The number of amides is 1. The zero-order valence-electron chi connectivity index (χ0n) is 14.0. The highest BCUT2D eigenvalue weighted by molar-refractivity contribution is 5.93. The lowest BCUT2D eigenvalue weighted by molar-refractivity contribution is -0.120. The summed E-state index contributed by atoms with van der Waals surface area (Å²) in [5.41, 5.74) is 2.58. The summed E-state index contributed by atoms with van der Waals surface area (Å²) in [5.74, 6) is -0.0644. The fourth-order valence-corrected chi connectivity index (χ4v) is 3.03. The molecule has 0 aliphatic carbocycles. The number of aryl methyl sites for hydroxylation is 2. The lowest BCUT2D eigenvalue weighted by atomic mass is 9.96. The SMILES string of the molecule is Cc1cccc(NC(=O)[C@@H]2CCCN(c3cnn(C)c(=O)c3)C2)c1. The van der Waals surface area contributed by atoms with E-state index in [1.54, 1.807) is 19.3 Å². The summed E-state index contributed by atoms with van der Waals surface area (Å²) in [6.45, 7) is 3.44. The van der Waals surface area contributed by atoms with E-state index >= 15 is 0 Å². The second kappa shape index (κ2) is 6.86. The van der Waals surface area contributed by atoms with Crippen molar-refractivity contribution in [2.45, 2.75) is 19.8 Å². The van der Waals surface area contributed by atoms with Crippen molar-refractivity contribution in [3.63, 3.8) is 0 Å². The van der Waals surface area contributed by atoms with Gasteiger partial charge < -0.3 is 10.2 Å². The van der Waals surface area contributed by atoms with Crippen LogP contribution in [0.1, 0.15) is 18.4 Å². The highest BCUT2D eigenvalue weighted by Gasteiger charge is 2.26. The summed E-state index contributed by atoms with van der Waals surface area (Å²) in [7, 11) is 1.63. The Bertz CT molecular complexity index is 800. The van der Waals surface area contributed by atoms with Crippen molar-refractivity contribution in [2.24, 2.45) is 13.0 Å². The molecule has 24 heavy (non-hydrogen) atoms. The maximum Gasteiger partial charge on any atom is 0.268 e. The second-order valence-corrected chi connectivity index (χ2v) is 6.32. The van der Waals surface area contributed by atoms with Gasteiger partial charge in [-0.2, -0.15) is 5.10 Å². The molecule has 1 amide bonds. The molecule has 0 radical (unpaired) electrons. The van der Waals surface area contributed by atoms with Crippen LogP contribution in [0.3, 0.4) is 0 Å². The molecule has 0 unspecified atom stereocenters. The lowest BCUT2D eigenvalue weighted by Gasteiger charge is -2.33. The molecule has 126 valence electrons. The van der Waals surface area contributed by atoms with Gasteiger partial charge in [0.25, 0.3) is 5.56 Å². The fraction of sp³-hybridized carbons (Fsp3) is 0.389. The molecular weight excluding hydrogens is 304 g/mol. The topological polar surface area (TPSA) is 67.2 Å². The third kappa shape index (κ3) is 3.64. The van der Waals surface area contributed by atoms with E-state index in [0.717, 1.165) is 36.3 Å². The molecule has 6 nitrogen and oxygen atoms in total. The Balaban J connectivity index is 1.69. The van der Waals surface area contributed by atoms with Crippen molar-refractivity contribution >= 4 is 17.3 Å². The van der Waals surface area contributed by atoms with Gasteiger partial charge in [-0.3, -0.25) is 9.59 Å². The molecule has 1 saturated heterocycles. The maximum absolute atomic E-state index is 12.6. The van der Waals surface area contributed by atoms with Crippen LogP contribution in [-0.4, -0.2) is 28.8 Å². The number of aromatic nitrogens is 2. The zero-order valence-corrected chi connectivity index (χ0v) is 14.0. The summed E-state index contributed by atoms with van der Waals surface area (Å²) < 4.78 is 1.30. The first-order valence-corrected chi connectivity index (χ1v) is 8.19. The molecule has 1 aromatic carbocycles. The number of hydrogen-bond acceptors (Lipinski definition) is 4. The smallest absolute Gasteiger partial charge is 0.268 e. The largest absolute Gasteiger partial charge is 0.369 e. The molecule has 3 rings (SSSR count). The standard InChI is InChI=1S/C18H22N4O2/c1-13-5-3-7-15(9-13)20-18(24)14-6-4-8-22(12-14)16-10-17(23)21(2)19-11-16/h3,5,7,9-11,14H,4,6,8,12H2,1-2H3,(H,20,24)/t14-/m1/s1. The van der Waals surface area contributed by atoms with Crippen molar-refractivity contribution in [3.05, 3.63) is 52.4 Å². The molecule has 6 heteroatoms. The van der Waals surface area contributed by atoms with E-state index in [2.05, 4.69) is 15.3 Å². The number of hydrogen-bond donors (Lipinski definition) is 1. The third-order valence-corrected chi connectivity index (χ3v) is 4.40. The van der Waals surface area contributed by atoms with Crippen molar-refractivity contribution in [1.82, 2.24) is 9.78 Å². The molecule has 1 fully saturated rings. The van der Waals surface area contributed by atoms with Crippen LogP contribution in [-0.2, 0) is 11.8 Å². The lowest BCUT2D eigenvalue weighted by Crippen LogP contribution is -2.41. The monoisotopic (exact) mass is 326 g/mol. The van der Waals surface area contributed by atoms with Crippen LogP contribution in [0, 0.1) is 12.8 Å². The van der Waals surface area contributed by atoms with Crippen LogP contribution in [0.15, 0.2) is 41.3 Å². The van der Waals surface area contributed by atoms with E-state index in [4.69, 9.17) is 0 Å². The average molecular weight is 326 g/mol. The normalized spacial score (nSPS) is 17.6. The number of piperidine rings is 1. The molecular formula is C18H22N4O2. The summed E-state index contributed by atoms with van der Waals surface area (Å²) in [5, 5.41) is 7.06. The number of nitrogens with zero attached hydrogens (tertiary/aromatic N) is 3. The summed E-state index contributed by atoms with van der Waals surface area (Å²) in [4.78, 5) is 26.4. The quantitative estimate of drug-likeness (QED) is 0.936. The number of anilines is 2. The predicted octanol–water partition coefficient (Wildman–Crippen LogP) is 1.94. The van der Waals surface area contributed by atoms with E-state index in [9.17, 15) is 9.59 Å². The number of nitrogens with one attached hydrogen (secondary N) is 1. The Morgan fingerprint density at radius 2 is 2.17 bits per heavy atom. The first-order valence-electron chi connectivity index (χ1n) is 8.19. The minimum Gasteiger partial charge on any atom is -0.369 e. The van der Waals surface area contributed by atoms with E-state index in [1.807, 2.05) is 31.2 Å². The van der Waals surface area contributed by atoms with E-state index < -0.39 is 0 Å². The van der Waals surface area contributed by atoms with Gasteiger partial charge in [0.05, 0.1) is 17.8 Å². The molecule has 1 N–H and O–H groups in total. The minimum atomic E-state index is -0.140. The molecule has 0 saturated carbocycles. The molecule has 1 aliphatic heterocycles. The van der Waals surface area contributed by atoms with E-state index in [-0.39, 0.29) is 17.4 Å². The molecule has 2 aromatic rings. The Kier molecular flexibility index (Phi) is 4.64. The van der Waals surface area contributed by atoms with Crippen molar-refractivity contribution in [1.29, 1.82) is 0 Å². The molecule has 1 aliphatic rings. The Morgan fingerprint density at radius 1 is 1.33 bits per heavy atom. The number of carbonyl (C=O) groups excluding carboxylic acids is 1. The minimum absolute atomic E-state index is 0.0297. The Morgan fingerprint density at radius 3 is 2.92 bits per heavy atom. The fourth-order valence-electron chi connectivity index (χ4n) is 3.03. The Hall–Kier alpha value is -2.63. The Labute approximate surface area is 141 Å². The van der Waals surface area contributed by atoms with Crippen molar-refractivity contribution in [2.75, 3.05) is 23.3 Å². The van der Waals surface area contributed by atoms with Crippen LogP contribution < -0.4 is 15.8 Å². The highest BCUT2D eigenvalue weighted by Crippen LogP contribution is 2.23. The van der Waals surface area contributed by atoms with Gasteiger partial charge in [-0.1, -0.05) is 12.1 Å². The van der Waals surface area contributed by atoms with Gasteiger partial charge in [0, 0.05) is 31.9 Å². The van der Waals surface area contributed by atoms with Gasteiger partial charge in [0.2, 0.25) is 5.91 Å². The van der Waals surface area contributed by atoms with Gasteiger partial charge in [0.15, 0.2) is 0 Å². The van der Waals surface area contributed by atoms with Crippen LogP contribution in [0.5, 0.6) is 0 Å². The zero-order chi connectivity index (χ0) is 17.1. The van der Waals surface area contributed by atoms with Crippen LogP contribution >= 0.6 is 0 Å². The van der Waals surface area contributed by atoms with Gasteiger partial charge in [-0.05, 0) is 37.5 Å². The predicted molar refractivity (Wildman–Crippen MR) is 94.2 cm³/mol. The van der Waals surface area contributed by atoms with E-state index in [1.165, 1.54) is 4.68 Å². The van der Waals surface area contributed by atoms with E-state index in [0.29, 0.717) is 6.54 Å². The van der Waals surface area contributed by atoms with Crippen LogP contribution in [0.4, 0.5) is 11.4 Å². The van der Waals surface area contributed by atoms with Gasteiger partial charge in [-0.25, -0.2) is 4.68 Å². The summed E-state index contributed by atoms with van der Waals surface area (Å²) in [6.07, 6.45) is 3.45. The molecule has 0 bridgehead atoms. The summed E-state index contributed by atoms with van der Waals surface area (Å²) in [6, 6.07) is 9.37. The van der Waals surface area contributed by atoms with Crippen molar-refractivity contribution in [3.8, 4) is 0 Å². The molecule has 0 spiro atoms. The highest BCUT2D eigenvalue weighted by atomic mass is 16.2. The van der Waals surface area contributed by atoms with Gasteiger partial charge >= 0.3 is 0 Å². The number of benzene rings is 1.